The van der Waals surface area contributed by atoms with E-state index in [1.807, 2.05) is 18.2 Å². The highest BCUT2D eigenvalue weighted by atomic mass is 19.1. The second-order valence-corrected chi connectivity index (χ2v) is 3.53. The van der Waals surface area contributed by atoms with Gasteiger partial charge in [-0.15, -0.1) is 0 Å². The van der Waals surface area contributed by atoms with Gasteiger partial charge < -0.3 is 4.52 Å². The second-order valence-electron chi connectivity index (χ2n) is 3.53. The first-order valence-electron chi connectivity index (χ1n) is 4.94. The van der Waals surface area contributed by atoms with Gasteiger partial charge in [-0.05, 0) is 17.5 Å². The molecular weight excluding hydrogens is 205 g/mol. The van der Waals surface area contributed by atoms with Crippen LogP contribution in [-0.2, 0) is 0 Å². The third kappa shape index (κ3) is 1.29. The molecule has 3 aromatic rings. The third-order valence-corrected chi connectivity index (χ3v) is 2.58. The van der Waals surface area contributed by atoms with E-state index in [9.17, 15) is 4.39 Å². The maximum atomic E-state index is 13.6. The third-order valence-electron chi connectivity index (χ3n) is 2.58. The van der Waals surface area contributed by atoms with E-state index in [1.165, 1.54) is 12.3 Å². The SMILES string of the molecule is Fc1ccc(-c2ccon2)c2ccccc12. The van der Waals surface area contributed by atoms with Crippen LogP contribution >= 0.6 is 0 Å². The minimum absolute atomic E-state index is 0.220. The molecule has 78 valence electrons. The molecule has 0 radical (unpaired) electrons. The Labute approximate surface area is 91.3 Å². The Kier molecular flexibility index (Phi) is 1.96. The molecule has 1 heterocycles. The van der Waals surface area contributed by atoms with Crippen LogP contribution in [0.1, 0.15) is 0 Å². The summed E-state index contributed by atoms with van der Waals surface area (Å²) in [6, 6.07) is 12.3. The largest absolute Gasteiger partial charge is 0.364 e. The standard InChI is InChI=1S/C13H8FNO/c14-12-6-5-11(13-7-8-16-15-13)9-3-1-2-4-10(9)12/h1-8H. The van der Waals surface area contributed by atoms with Crippen molar-refractivity contribution in [1.82, 2.24) is 5.16 Å². The Morgan fingerprint density at radius 2 is 1.75 bits per heavy atom. The number of hydrogen-bond donors (Lipinski definition) is 0. The van der Waals surface area contributed by atoms with Gasteiger partial charge in [-0.25, -0.2) is 4.39 Å². The van der Waals surface area contributed by atoms with Crippen LogP contribution < -0.4 is 0 Å². The summed E-state index contributed by atoms with van der Waals surface area (Å²) in [7, 11) is 0. The van der Waals surface area contributed by atoms with Gasteiger partial charge in [-0.1, -0.05) is 29.4 Å². The molecule has 0 amide bonds. The first-order chi connectivity index (χ1) is 7.86. The van der Waals surface area contributed by atoms with Crippen molar-refractivity contribution in [3.8, 4) is 11.3 Å². The quantitative estimate of drug-likeness (QED) is 0.616. The summed E-state index contributed by atoms with van der Waals surface area (Å²) in [4.78, 5) is 0. The maximum absolute atomic E-state index is 13.6. The molecule has 0 bridgehead atoms. The molecule has 0 unspecified atom stereocenters. The number of fused-ring (bicyclic) bond motifs is 1. The fourth-order valence-electron chi connectivity index (χ4n) is 1.84. The molecule has 0 aliphatic heterocycles. The van der Waals surface area contributed by atoms with Gasteiger partial charge in [0.2, 0.25) is 0 Å². The zero-order valence-electron chi connectivity index (χ0n) is 8.35. The van der Waals surface area contributed by atoms with Crippen molar-refractivity contribution >= 4 is 10.8 Å². The number of rotatable bonds is 1. The first kappa shape index (κ1) is 9.09. The predicted molar refractivity (Wildman–Crippen MR) is 59.4 cm³/mol. The highest BCUT2D eigenvalue weighted by Gasteiger charge is 2.08. The normalized spacial score (nSPS) is 10.8. The van der Waals surface area contributed by atoms with Crippen LogP contribution in [0.15, 0.2) is 53.3 Å². The van der Waals surface area contributed by atoms with Crippen LogP contribution in [0.25, 0.3) is 22.0 Å². The minimum atomic E-state index is -0.220. The summed E-state index contributed by atoms with van der Waals surface area (Å²) in [6.07, 6.45) is 1.51. The number of halogens is 1. The number of benzene rings is 2. The van der Waals surface area contributed by atoms with Gasteiger partial charge >= 0.3 is 0 Å². The summed E-state index contributed by atoms with van der Waals surface area (Å²) in [5.41, 5.74) is 1.60. The maximum Gasteiger partial charge on any atom is 0.131 e. The van der Waals surface area contributed by atoms with E-state index in [-0.39, 0.29) is 5.82 Å². The van der Waals surface area contributed by atoms with E-state index >= 15 is 0 Å². The molecule has 0 spiro atoms. The summed E-state index contributed by atoms with van der Waals surface area (Å²) < 4.78 is 18.4. The van der Waals surface area contributed by atoms with E-state index < -0.39 is 0 Å². The van der Waals surface area contributed by atoms with Crippen LogP contribution in [0, 0.1) is 5.82 Å². The van der Waals surface area contributed by atoms with Crippen LogP contribution in [-0.4, -0.2) is 5.16 Å². The zero-order valence-corrected chi connectivity index (χ0v) is 8.35. The van der Waals surface area contributed by atoms with Crippen LogP contribution in [0.4, 0.5) is 4.39 Å². The molecule has 0 saturated carbocycles. The number of hydrogen-bond acceptors (Lipinski definition) is 2. The van der Waals surface area contributed by atoms with Gasteiger partial charge in [0.25, 0.3) is 0 Å². The van der Waals surface area contributed by atoms with E-state index in [0.717, 1.165) is 16.6 Å². The van der Waals surface area contributed by atoms with Gasteiger partial charge in [-0.3, -0.25) is 0 Å². The molecule has 3 rings (SSSR count). The summed E-state index contributed by atoms with van der Waals surface area (Å²) in [5, 5.41) is 5.31. The van der Waals surface area contributed by atoms with Crippen molar-refractivity contribution in [2.75, 3.05) is 0 Å². The average molecular weight is 213 g/mol. The predicted octanol–water partition coefficient (Wildman–Crippen LogP) is 3.63. The van der Waals surface area contributed by atoms with Crippen molar-refractivity contribution in [3.63, 3.8) is 0 Å². The van der Waals surface area contributed by atoms with Gasteiger partial charge in [0.15, 0.2) is 0 Å². The molecule has 0 saturated heterocycles. The Bertz CT molecular complexity index is 631. The Hall–Kier alpha value is -2.16. The van der Waals surface area contributed by atoms with Gasteiger partial charge in [0.05, 0.1) is 0 Å². The fraction of sp³-hybridized carbons (Fsp3) is 0. The van der Waals surface area contributed by atoms with Crippen molar-refractivity contribution in [2.45, 2.75) is 0 Å². The summed E-state index contributed by atoms with van der Waals surface area (Å²) in [5.74, 6) is -0.220. The number of nitrogens with zero attached hydrogens (tertiary/aromatic N) is 1. The molecule has 2 aromatic carbocycles. The summed E-state index contributed by atoms with van der Waals surface area (Å²) in [6.45, 7) is 0. The van der Waals surface area contributed by atoms with Crippen molar-refractivity contribution in [3.05, 3.63) is 54.5 Å². The van der Waals surface area contributed by atoms with E-state index in [0.29, 0.717) is 5.39 Å². The number of aromatic nitrogens is 1. The van der Waals surface area contributed by atoms with E-state index in [2.05, 4.69) is 5.16 Å². The van der Waals surface area contributed by atoms with Crippen LogP contribution in [0.5, 0.6) is 0 Å². The molecule has 0 aliphatic carbocycles. The van der Waals surface area contributed by atoms with Crippen molar-refractivity contribution < 1.29 is 8.91 Å². The Morgan fingerprint density at radius 1 is 0.938 bits per heavy atom. The average Bonchev–Trinajstić information content (AvgIpc) is 2.83. The summed E-state index contributed by atoms with van der Waals surface area (Å²) >= 11 is 0. The smallest absolute Gasteiger partial charge is 0.131 e. The molecule has 0 aliphatic rings. The van der Waals surface area contributed by atoms with Gasteiger partial charge in [0.1, 0.15) is 17.8 Å². The molecule has 0 atom stereocenters. The molecule has 0 N–H and O–H groups in total. The minimum Gasteiger partial charge on any atom is -0.364 e. The fourth-order valence-corrected chi connectivity index (χ4v) is 1.84. The molecule has 0 fully saturated rings. The zero-order chi connectivity index (χ0) is 11.0. The Morgan fingerprint density at radius 3 is 2.50 bits per heavy atom. The van der Waals surface area contributed by atoms with Crippen LogP contribution in [0.3, 0.4) is 0 Å². The monoisotopic (exact) mass is 213 g/mol. The van der Waals surface area contributed by atoms with Crippen LogP contribution in [0.2, 0.25) is 0 Å². The molecular formula is C13H8FNO. The molecule has 16 heavy (non-hydrogen) atoms. The Balaban J connectivity index is 2.39. The molecule has 2 nitrogen and oxygen atoms in total. The lowest BCUT2D eigenvalue weighted by molar-refractivity contribution is 0.422. The highest BCUT2D eigenvalue weighted by Crippen LogP contribution is 2.28. The first-order valence-corrected chi connectivity index (χ1v) is 4.94. The van der Waals surface area contributed by atoms with E-state index in [4.69, 9.17) is 4.52 Å². The van der Waals surface area contributed by atoms with Crippen molar-refractivity contribution in [2.24, 2.45) is 0 Å². The highest BCUT2D eigenvalue weighted by molar-refractivity contribution is 5.95. The molecule has 1 aromatic heterocycles. The lowest BCUT2D eigenvalue weighted by atomic mass is 10.0. The van der Waals surface area contributed by atoms with Crippen molar-refractivity contribution in [1.29, 1.82) is 0 Å². The van der Waals surface area contributed by atoms with Gasteiger partial charge in [-0.2, -0.15) is 0 Å². The second kappa shape index (κ2) is 3.45. The lowest BCUT2D eigenvalue weighted by Gasteiger charge is -2.04. The topological polar surface area (TPSA) is 26.0 Å². The van der Waals surface area contributed by atoms with Gasteiger partial charge in [0, 0.05) is 17.0 Å². The lowest BCUT2D eigenvalue weighted by Crippen LogP contribution is -1.84. The molecule has 3 heteroatoms. The van der Waals surface area contributed by atoms with E-state index in [1.54, 1.807) is 18.2 Å².